The van der Waals surface area contributed by atoms with Gasteiger partial charge in [-0.1, -0.05) is 6.07 Å². The fraction of sp³-hybridized carbons (Fsp3) is 0.200. The summed E-state index contributed by atoms with van der Waals surface area (Å²) in [5.74, 6) is 0. The molecule has 0 aliphatic heterocycles. The Balaban J connectivity index is 2.48. The predicted octanol–water partition coefficient (Wildman–Crippen LogP) is 1.42. The van der Waals surface area contributed by atoms with Gasteiger partial charge in [0.05, 0.1) is 18.9 Å². The van der Waals surface area contributed by atoms with Gasteiger partial charge in [0.25, 0.3) is 0 Å². The molecule has 0 saturated carbocycles. The molecule has 3 heteroatoms. The highest BCUT2D eigenvalue weighted by Gasteiger charge is 2.05. The molecule has 1 heterocycles. The molecule has 0 aliphatic carbocycles. The molecule has 68 valence electrons. The monoisotopic (exact) mass is 177 g/mol. The van der Waals surface area contributed by atoms with E-state index in [-0.39, 0.29) is 12.6 Å². The van der Waals surface area contributed by atoms with E-state index in [1.807, 2.05) is 24.3 Å². The second-order valence-corrected chi connectivity index (χ2v) is 3.01. The Bertz CT molecular complexity index is 408. The first-order valence-corrected chi connectivity index (χ1v) is 4.15. The third kappa shape index (κ3) is 1.43. The predicted molar refractivity (Wildman–Crippen MR) is 50.2 cm³/mol. The van der Waals surface area contributed by atoms with Gasteiger partial charge in [0, 0.05) is 5.39 Å². The van der Waals surface area contributed by atoms with E-state index in [4.69, 9.17) is 15.3 Å². The number of aliphatic hydroxyl groups is 1. The molecule has 0 radical (unpaired) electrons. The quantitative estimate of drug-likeness (QED) is 0.729. The largest absolute Gasteiger partial charge is 0.464 e. The maximum atomic E-state index is 8.86. The minimum atomic E-state index is -0.306. The maximum Gasteiger partial charge on any atom is 0.133 e. The minimum Gasteiger partial charge on any atom is -0.464 e. The lowest BCUT2D eigenvalue weighted by molar-refractivity contribution is 0.268. The van der Waals surface area contributed by atoms with Crippen molar-refractivity contribution < 1.29 is 9.52 Å². The van der Waals surface area contributed by atoms with Gasteiger partial charge in [-0.2, -0.15) is 0 Å². The van der Waals surface area contributed by atoms with Gasteiger partial charge in [-0.25, -0.2) is 0 Å². The highest BCUT2D eigenvalue weighted by molar-refractivity contribution is 5.77. The molecular formula is C10H11NO2. The number of rotatable bonds is 2. The van der Waals surface area contributed by atoms with E-state index < -0.39 is 0 Å². The van der Waals surface area contributed by atoms with Crippen molar-refractivity contribution in [2.24, 2.45) is 5.73 Å². The zero-order valence-corrected chi connectivity index (χ0v) is 7.10. The second-order valence-electron chi connectivity index (χ2n) is 3.01. The molecule has 2 aromatic rings. The van der Waals surface area contributed by atoms with Crippen LogP contribution in [-0.4, -0.2) is 11.7 Å². The van der Waals surface area contributed by atoms with Crippen LogP contribution in [0.15, 0.2) is 34.9 Å². The van der Waals surface area contributed by atoms with Crippen LogP contribution in [0, 0.1) is 0 Å². The van der Waals surface area contributed by atoms with Crippen LogP contribution in [0.25, 0.3) is 11.0 Å². The highest BCUT2D eigenvalue weighted by atomic mass is 16.3. The Kier molecular flexibility index (Phi) is 2.04. The molecule has 0 saturated heterocycles. The number of hydrogen-bond acceptors (Lipinski definition) is 3. The van der Waals surface area contributed by atoms with E-state index in [9.17, 15) is 0 Å². The average Bonchev–Trinajstić information content (AvgIpc) is 2.63. The lowest BCUT2D eigenvalue weighted by atomic mass is 10.1. The van der Waals surface area contributed by atoms with Gasteiger partial charge in [-0.05, 0) is 23.8 Å². The summed E-state index contributed by atoms with van der Waals surface area (Å²) >= 11 is 0. The molecule has 3 nitrogen and oxygen atoms in total. The molecule has 1 aromatic carbocycles. The van der Waals surface area contributed by atoms with Crippen molar-refractivity contribution in [1.29, 1.82) is 0 Å². The van der Waals surface area contributed by atoms with E-state index in [1.54, 1.807) is 6.26 Å². The molecule has 1 unspecified atom stereocenters. The fourth-order valence-corrected chi connectivity index (χ4v) is 1.32. The van der Waals surface area contributed by atoms with Crippen molar-refractivity contribution in [2.45, 2.75) is 6.04 Å². The summed E-state index contributed by atoms with van der Waals surface area (Å²) in [6.45, 7) is -0.0383. The van der Waals surface area contributed by atoms with Crippen molar-refractivity contribution in [2.75, 3.05) is 6.61 Å². The molecule has 13 heavy (non-hydrogen) atoms. The number of furan rings is 1. The van der Waals surface area contributed by atoms with E-state index in [1.165, 1.54) is 0 Å². The third-order valence-corrected chi connectivity index (χ3v) is 2.10. The van der Waals surface area contributed by atoms with Gasteiger partial charge >= 0.3 is 0 Å². The standard InChI is InChI=1S/C10H11NO2/c11-9(6-12)7-1-2-10-8(5-7)3-4-13-10/h1-5,9,12H,6,11H2. The van der Waals surface area contributed by atoms with Crippen LogP contribution in [0.2, 0.25) is 0 Å². The normalized spacial score (nSPS) is 13.4. The molecule has 0 aliphatic rings. The van der Waals surface area contributed by atoms with E-state index in [2.05, 4.69) is 0 Å². The molecular weight excluding hydrogens is 166 g/mol. The van der Waals surface area contributed by atoms with Gasteiger partial charge in [0.15, 0.2) is 0 Å². The minimum absolute atomic E-state index is 0.0383. The highest BCUT2D eigenvalue weighted by Crippen LogP contribution is 2.19. The van der Waals surface area contributed by atoms with Crippen LogP contribution in [0.3, 0.4) is 0 Å². The van der Waals surface area contributed by atoms with Crippen LogP contribution in [0.5, 0.6) is 0 Å². The van der Waals surface area contributed by atoms with Crippen LogP contribution >= 0.6 is 0 Å². The number of benzene rings is 1. The first-order chi connectivity index (χ1) is 6.31. The van der Waals surface area contributed by atoms with Crippen molar-refractivity contribution in [3.8, 4) is 0 Å². The number of nitrogens with two attached hydrogens (primary N) is 1. The number of fused-ring (bicyclic) bond motifs is 1. The van der Waals surface area contributed by atoms with Crippen molar-refractivity contribution >= 4 is 11.0 Å². The molecule has 0 fully saturated rings. The first-order valence-electron chi connectivity index (χ1n) is 4.15. The van der Waals surface area contributed by atoms with Crippen molar-refractivity contribution in [3.63, 3.8) is 0 Å². The van der Waals surface area contributed by atoms with Crippen molar-refractivity contribution in [1.82, 2.24) is 0 Å². The summed E-state index contributed by atoms with van der Waals surface area (Å²) in [6.07, 6.45) is 1.64. The number of aliphatic hydroxyl groups excluding tert-OH is 1. The second kappa shape index (κ2) is 3.20. The Morgan fingerprint density at radius 3 is 3.00 bits per heavy atom. The van der Waals surface area contributed by atoms with Crippen LogP contribution < -0.4 is 5.73 Å². The third-order valence-electron chi connectivity index (χ3n) is 2.10. The molecule has 1 aromatic heterocycles. The lowest BCUT2D eigenvalue weighted by Gasteiger charge is -2.07. The summed E-state index contributed by atoms with van der Waals surface area (Å²) in [6, 6.07) is 7.23. The summed E-state index contributed by atoms with van der Waals surface area (Å²) in [4.78, 5) is 0. The van der Waals surface area contributed by atoms with Gasteiger partial charge in [0.2, 0.25) is 0 Å². The summed E-state index contributed by atoms with van der Waals surface area (Å²) in [7, 11) is 0. The Hall–Kier alpha value is -1.32. The Labute approximate surface area is 75.8 Å². The lowest BCUT2D eigenvalue weighted by Crippen LogP contribution is -2.13. The topological polar surface area (TPSA) is 59.4 Å². The zero-order valence-electron chi connectivity index (χ0n) is 7.10. The Morgan fingerprint density at radius 2 is 2.23 bits per heavy atom. The maximum absolute atomic E-state index is 8.86. The van der Waals surface area contributed by atoms with E-state index in [0.717, 1.165) is 16.5 Å². The SMILES string of the molecule is NC(CO)c1ccc2occc2c1. The zero-order chi connectivity index (χ0) is 9.26. The Morgan fingerprint density at radius 1 is 1.38 bits per heavy atom. The first kappa shape index (κ1) is 8.29. The molecule has 0 bridgehead atoms. The van der Waals surface area contributed by atoms with Gasteiger partial charge in [0.1, 0.15) is 5.58 Å². The van der Waals surface area contributed by atoms with Gasteiger partial charge < -0.3 is 15.3 Å². The summed E-state index contributed by atoms with van der Waals surface area (Å²) in [5.41, 5.74) is 7.44. The smallest absolute Gasteiger partial charge is 0.133 e. The number of hydrogen-bond donors (Lipinski definition) is 2. The van der Waals surface area contributed by atoms with E-state index >= 15 is 0 Å². The summed E-state index contributed by atoms with van der Waals surface area (Å²) in [5, 5.41) is 9.88. The molecule has 3 N–H and O–H groups in total. The van der Waals surface area contributed by atoms with Crippen LogP contribution in [0.4, 0.5) is 0 Å². The van der Waals surface area contributed by atoms with Gasteiger partial charge in [-0.3, -0.25) is 0 Å². The van der Waals surface area contributed by atoms with E-state index in [0.29, 0.717) is 0 Å². The fourth-order valence-electron chi connectivity index (χ4n) is 1.32. The van der Waals surface area contributed by atoms with Crippen LogP contribution in [0.1, 0.15) is 11.6 Å². The average molecular weight is 177 g/mol. The molecule has 0 amide bonds. The molecule has 0 spiro atoms. The molecule has 1 atom stereocenters. The van der Waals surface area contributed by atoms with Crippen LogP contribution in [-0.2, 0) is 0 Å². The molecule has 2 rings (SSSR count). The van der Waals surface area contributed by atoms with Crippen molar-refractivity contribution in [3.05, 3.63) is 36.1 Å². The summed E-state index contributed by atoms with van der Waals surface area (Å²) < 4.78 is 5.18. The van der Waals surface area contributed by atoms with Gasteiger partial charge in [-0.15, -0.1) is 0 Å².